The summed E-state index contributed by atoms with van der Waals surface area (Å²) in [6.45, 7) is 0. The van der Waals surface area contributed by atoms with Gasteiger partial charge >= 0.3 is 11.8 Å². The summed E-state index contributed by atoms with van der Waals surface area (Å²) in [4.78, 5) is 24.2. The molecule has 0 saturated heterocycles. The minimum Gasteiger partial charge on any atom is -0.497 e. The normalized spacial score (nSPS) is 10.6. The number of hydrazone groups is 1. The van der Waals surface area contributed by atoms with E-state index in [2.05, 4.69) is 15.8 Å². The highest BCUT2D eigenvalue weighted by Gasteiger charge is 2.14. The lowest BCUT2D eigenvalue weighted by molar-refractivity contribution is -0.136. The predicted octanol–water partition coefficient (Wildman–Crippen LogP) is 2.95. The molecule has 2 N–H and O–H groups in total. The number of rotatable bonds is 5. The minimum atomic E-state index is -0.883. The monoisotopic (exact) mass is 377 g/mol. The van der Waals surface area contributed by atoms with Crippen LogP contribution in [0.1, 0.15) is 5.56 Å². The van der Waals surface area contributed by atoms with E-state index in [0.717, 1.165) is 10.8 Å². The van der Waals surface area contributed by atoms with Crippen LogP contribution in [0, 0.1) is 0 Å². The molecule has 0 aliphatic carbocycles. The standard InChI is InChI=1S/C21H19N3O4/c1-27-16-10-11-19(28-2)15(12-16)13-22-24-21(26)20(25)23-18-9-5-7-14-6-3-4-8-17(14)18/h3-13H,1-2H3,(H,23,25)(H,24,26). The van der Waals surface area contributed by atoms with E-state index in [0.29, 0.717) is 22.7 Å². The molecule has 0 spiro atoms. The molecule has 0 atom stereocenters. The van der Waals surface area contributed by atoms with Crippen LogP contribution < -0.4 is 20.2 Å². The Hall–Kier alpha value is -3.87. The number of carbonyl (C=O) groups is 2. The second-order valence-corrected chi connectivity index (χ2v) is 5.79. The molecule has 3 rings (SSSR count). The molecule has 3 aromatic rings. The van der Waals surface area contributed by atoms with Gasteiger partial charge < -0.3 is 14.8 Å². The molecule has 2 amide bonds. The van der Waals surface area contributed by atoms with Crippen molar-refractivity contribution in [3.8, 4) is 11.5 Å². The Morgan fingerprint density at radius 1 is 0.929 bits per heavy atom. The van der Waals surface area contributed by atoms with E-state index in [1.54, 1.807) is 31.4 Å². The third-order valence-corrected chi connectivity index (χ3v) is 4.05. The van der Waals surface area contributed by atoms with Gasteiger partial charge in [-0.1, -0.05) is 36.4 Å². The minimum absolute atomic E-state index is 0.552. The fraction of sp³-hybridized carbons (Fsp3) is 0.0952. The summed E-state index contributed by atoms with van der Waals surface area (Å²) in [7, 11) is 3.07. The zero-order valence-corrected chi connectivity index (χ0v) is 15.4. The Kier molecular flexibility index (Phi) is 5.86. The van der Waals surface area contributed by atoms with Crippen molar-refractivity contribution < 1.29 is 19.1 Å². The molecule has 7 heteroatoms. The number of hydrogen-bond donors (Lipinski definition) is 2. The van der Waals surface area contributed by atoms with Gasteiger partial charge in [-0.2, -0.15) is 5.10 Å². The first-order valence-corrected chi connectivity index (χ1v) is 8.46. The Bertz CT molecular complexity index is 1040. The van der Waals surface area contributed by atoms with Crippen LogP contribution in [0.3, 0.4) is 0 Å². The predicted molar refractivity (Wildman–Crippen MR) is 108 cm³/mol. The van der Waals surface area contributed by atoms with Crippen LogP contribution in [0.4, 0.5) is 5.69 Å². The second-order valence-electron chi connectivity index (χ2n) is 5.79. The van der Waals surface area contributed by atoms with Crippen molar-refractivity contribution in [2.75, 3.05) is 19.5 Å². The molecule has 0 unspecified atom stereocenters. The average molecular weight is 377 g/mol. The van der Waals surface area contributed by atoms with Crippen molar-refractivity contribution >= 4 is 34.5 Å². The molecule has 0 aliphatic heterocycles. The highest BCUT2D eigenvalue weighted by Crippen LogP contribution is 2.23. The number of fused-ring (bicyclic) bond motifs is 1. The van der Waals surface area contributed by atoms with Crippen LogP contribution >= 0.6 is 0 Å². The van der Waals surface area contributed by atoms with Gasteiger partial charge in [0.2, 0.25) is 0 Å². The molecule has 0 heterocycles. The molecule has 3 aromatic carbocycles. The quantitative estimate of drug-likeness (QED) is 0.406. The van der Waals surface area contributed by atoms with Gasteiger partial charge in [0.1, 0.15) is 11.5 Å². The van der Waals surface area contributed by atoms with Crippen molar-refractivity contribution in [1.29, 1.82) is 0 Å². The maximum absolute atomic E-state index is 12.2. The molecule has 0 aromatic heterocycles. The van der Waals surface area contributed by atoms with Crippen molar-refractivity contribution in [3.05, 3.63) is 66.2 Å². The summed E-state index contributed by atoms with van der Waals surface area (Å²) in [5.41, 5.74) is 3.36. The highest BCUT2D eigenvalue weighted by atomic mass is 16.5. The van der Waals surface area contributed by atoms with Crippen molar-refractivity contribution in [2.45, 2.75) is 0 Å². The number of amides is 2. The summed E-state index contributed by atoms with van der Waals surface area (Å²) in [6.07, 6.45) is 1.38. The van der Waals surface area contributed by atoms with E-state index in [1.807, 2.05) is 36.4 Å². The fourth-order valence-corrected chi connectivity index (χ4v) is 2.67. The van der Waals surface area contributed by atoms with E-state index in [1.165, 1.54) is 13.3 Å². The van der Waals surface area contributed by atoms with Crippen LogP contribution in [0.5, 0.6) is 11.5 Å². The van der Waals surface area contributed by atoms with Gasteiger partial charge in [0, 0.05) is 16.6 Å². The molecule has 0 bridgehead atoms. The average Bonchev–Trinajstić information content (AvgIpc) is 2.73. The van der Waals surface area contributed by atoms with E-state index in [-0.39, 0.29) is 0 Å². The largest absolute Gasteiger partial charge is 0.497 e. The first-order chi connectivity index (χ1) is 13.6. The Morgan fingerprint density at radius 2 is 1.71 bits per heavy atom. The van der Waals surface area contributed by atoms with Crippen molar-refractivity contribution in [1.82, 2.24) is 5.43 Å². The first kappa shape index (κ1) is 18.9. The summed E-state index contributed by atoms with van der Waals surface area (Å²) >= 11 is 0. The number of carbonyl (C=O) groups excluding carboxylic acids is 2. The van der Waals surface area contributed by atoms with Crippen molar-refractivity contribution in [3.63, 3.8) is 0 Å². The van der Waals surface area contributed by atoms with Gasteiger partial charge in [0.25, 0.3) is 0 Å². The fourth-order valence-electron chi connectivity index (χ4n) is 2.67. The molecule has 0 fully saturated rings. The Balaban J connectivity index is 1.68. The molecule has 0 radical (unpaired) electrons. The molecule has 7 nitrogen and oxygen atoms in total. The molecule has 0 saturated carbocycles. The van der Waals surface area contributed by atoms with E-state index in [9.17, 15) is 9.59 Å². The van der Waals surface area contributed by atoms with Gasteiger partial charge in [-0.25, -0.2) is 5.43 Å². The zero-order valence-electron chi connectivity index (χ0n) is 15.4. The van der Waals surface area contributed by atoms with Crippen LogP contribution in [-0.4, -0.2) is 32.2 Å². The zero-order chi connectivity index (χ0) is 19.9. The van der Waals surface area contributed by atoms with Gasteiger partial charge in [0.15, 0.2) is 0 Å². The number of benzene rings is 3. The Labute approximate surface area is 162 Å². The third-order valence-electron chi connectivity index (χ3n) is 4.05. The second kappa shape index (κ2) is 8.68. The van der Waals surface area contributed by atoms with E-state index in [4.69, 9.17) is 9.47 Å². The summed E-state index contributed by atoms with van der Waals surface area (Å²) in [6, 6.07) is 18.2. The summed E-state index contributed by atoms with van der Waals surface area (Å²) in [5.74, 6) is -0.529. The third kappa shape index (κ3) is 4.27. The Morgan fingerprint density at radius 3 is 2.50 bits per heavy atom. The SMILES string of the molecule is COc1ccc(OC)c(C=NNC(=O)C(=O)Nc2cccc3ccccc23)c1. The van der Waals surface area contributed by atoms with Crippen LogP contribution in [0.15, 0.2) is 65.8 Å². The number of hydrogen-bond acceptors (Lipinski definition) is 5. The smallest absolute Gasteiger partial charge is 0.329 e. The number of anilines is 1. The lowest BCUT2D eigenvalue weighted by Gasteiger charge is -2.08. The molecule has 0 aliphatic rings. The summed E-state index contributed by atoms with van der Waals surface area (Å²) < 4.78 is 10.4. The maximum Gasteiger partial charge on any atom is 0.329 e. The van der Waals surface area contributed by atoms with Crippen LogP contribution in [0.2, 0.25) is 0 Å². The highest BCUT2D eigenvalue weighted by molar-refractivity contribution is 6.40. The lowest BCUT2D eigenvalue weighted by Crippen LogP contribution is -2.32. The first-order valence-electron chi connectivity index (χ1n) is 8.46. The van der Waals surface area contributed by atoms with E-state index < -0.39 is 11.8 Å². The van der Waals surface area contributed by atoms with Crippen LogP contribution in [-0.2, 0) is 9.59 Å². The van der Waals surface area contributed by atoms with Crippen LogP contribution in [0.25, 0.3) is 10.8 Å². The number of nitrogens with zero attached hydrogens (tertiary/aromatic N) is 1. The molecule has 28 heavy (non-hydrogen) atoms. The van der Waals surface area contributed by atoms with Gasteiger partial charge in [-0.05, 0) is 29.7 Å². The topological polar surface area (TPSA) is 89.0 Å². The maximum atomic E-state index is 12.2. The lowest BCUT2D eigenvalue weighted by atomic mass is 10.1. The van der Waals surface area contributed by atoms with Gasteiger partial charge in [0.05, 0.1) is 20.4 Å². The summed E-state index contributed by atoms with van der Waals surface area (Å²) in [5, 5.41) is 8.24. The van der Waals surface area contributed by atoms with E-state index >= 15 is 0 Å². The molecular weight excluding hydrogens is 358 g/mol. The van der Waals surface area contributed by atoms with Gasteiger partial charge in [-0.3, -0.25) is 9.59 Å². The molecule has 142 valence electrons. The number of nitrogens with one attached hydrogen (secondary N) is 2. The number of methoxy groups -OCH3 is 2. The number of ether oxygens (including phenoxy) is 2. The molecular formula is C21H19N3O4. The van der Waals surface area contributed by atoms with Gasteiger partial charge in [-0.15, -0.1) is 0 Å². The van der Waals surface area contributed by atoms with Crippen molar-refractivity contribution in [2.24, 2.45) is 5.10 Å².